The minimum Gasteiger partial charge on any atom is -0.487 e. The van der Waals surface area contributed by atoms with Gasteiger partial charge in [0.15, 0.2) is 0 Å². The van der Waals surface area contributed by atoms with Crippen molar-refractivity contribution in [1.82, 2.24) is 4.90 Å². The third-order valence-corrected chi connectivity index (χ3v) is 7.86. The van der Waals surface area contributed by atoms with Crippen LogP contribution in [0.4, 0.5) is 0 Å². The lowest BCUT2D eigenvalue weighted by Crippen LogP contribution is -2.50. The summed E-state index contributed by atoms with van der Waals surface area (Å²) in [6.45, 7) is 8.55. The molecule has 0 aliphatic carbocycles. The number of aliphatic carboxylic acids is 1. The number of rotatable bonds is 10. The molecule has 2 aliphatic rings. The quantitative estimate of drug-likeness (QED) is 0.358. The summed E-state index contributed by atoms with van der Waals surface area (Å²) in [5.41, 5.74) is 3.48. The number of allylic oxidation sites excluding steroid dienone is 2. The first-order valence-corrected chi connectivity index (χ1v) is 13.8. The fraction of sp³-hybridized carbons (Fsp3) is 0.500. The Morgan fingerprint density at radius 2 is 1.89 bits per heavy atom. The van der Waals surface area contributed by atoms with Crippen molar-refractivity contribution in [3.8, 4) is 5.75 Å². The van der Waals surface area contributed by atoms with E-state index >= 15 is 0 Å². The van der Waals surface area contributed by atoms with Crippen molar-refractivity contribution in [3.63, 3.8) is 0 Å². The highest BCUT2D eigenvalue weighted by atomic mass is 16.5. The number of amides is 1. The predicted octanol–water partition coefficient (Wildman–Crippen LogP) is 6.60. The standard InChI is InChI=1S/C32H41NO5/c1-22(2)10-8-18-32(4)27-16-14-23(3)37-30(27)26-20-25(15-17-28(26)38-32)31(36)33(21-29(34)35)19-9-13-24-11-6-5-7-12-24/h5-7,10-12,15,17,20,23,27,30H,8-9,13-14,16,18-19,21H2,1-4H3,(H,34,35)/t23-,27-,30+,32-/m1/s1. The number of carbonyl (C=O) groups is 2. The number of aryl methyl sites for hydroxylation is 1. The maximum absolute atomic E-state index is 13.5. The second-order valence-corrected chi connectivity index (χ2v) is 11.2. The Bertz CT molecular complexity index is 1160. The molecule has 1 saturated heterocycles. The van der Waals surface area contributed by atoms with Gasteiger partial charge < -0.3 is 19.5 Å². The fourth-order valence-electron chi connectivity index (χ4n) is 5.82. The van der Waals surface area contributed by atoms with Gasteiger partial charge in [-0.05, 0) is 90.0 Å². The SMILES string of the molecule is CC(C)=CCC[C@@]1(C)Oc2ccc(C(=O)N(CCCc3ccccc3)CC(=O)O)cc2[C@@H]2O[C@H](C)CC[C@H]21. The smallest absolute Gasteiger partial charge is 0.323 e. The Hall–Kier alpha value is -3.12. The molecule has 1 N–H and O–H groups in total. The van der Waals surface area contributed by atoms with Gasteiger partial charge in [0, 0.05) is 23.6 Å². The lowest BCUT2D eigenvalue weighted by atomic mass is 9.72. The average molecular weight is 520 g/mol. The van der Waals surface area contributed by atoms with E-state index in [0.717, 1.165) is 43.4 Å². The summed E-state index contributed by atoms with van der Waals surface area (Å²) >= 11 is 0. The van der Waals surface area contributed by atoms with Crippen molar-refractivity contribution >= 4 is 11.9 Å². The molecule has 2 aliphatic heterocycles. The van der Waals surface area contributed by atoms with E-state index in [1.807, 2.05) is 42.5 Å². The minimum absolute atomic E-state index is 0.130. The van der Waals surface area contributed by atoms with Gasteiger partial charge in [0.05, 0.1) is 12.2 Å². The van der Waals surface area contributed by atoms with Gasteiger partial charge in [0.25, 0.3) is 5.91 Å². The zero-order chi connectivity index (χ0) is 27.3. The highest BCUT2D eigenvalue weighted by molar-refractivity contribution is 5.96. The van der Waals surface area contributed by atoms with Gasteiger partial charge >= 0.3 is 5.97 Å². The Morgan fingerprint density at radius 3 is 2.61 bits per heavy atom. The van der Waals surface area contributed by atoms with Crippen LogP contribution in [-0.2, 0) is 16.0 Å². The second-order valence-electron chi connectivity index (χ2n) is 11.2. The van der Waals surface area contributed by atoms with Crippen molar-refractivity contribution in [3.05, 3.63) is 76.9 Å². The number of carboxylic acid groups (broad SMARTS) is 1. The molecule has 0 aromatic heterocycles. The highest BCUT2D eigenvalue weighted by Crippen LogP contribution is 2.52. The van der Waals surface area contributed by atoms with E-state index in [1.165, 1.54) is 16.0 Å². The summed E-state index contributed by atoms with van der Waals surface area (Å²) in [6, 6.07) is 15.5. The molecule has 2 heterocycles. The van der Waals surface area contributed by atoms with Crippen LogP contribution in [0.3, 0.4) is 0 Å². The zero-order valence-corrected chi connectivity index (χ0v) is 23.1. The molecule has 38 heavy (non-hydrogen) atoms. The van der Waals surface area contributed by atoms with Crippen LogP contribution in [0.2, 0.25) is 0 Å². The molecule has 4 atom stereocenters. The number of hydrogen-bond donors (Lipinski definition) is 1. The van der Waals surface area contributed by atoms with Crippen molar-refractivity contribution in [2.75, 3.05) is 13.1 Å². The molecule has 0 radical (unpaired) electrons. The van der Waals surface area contributed by atoms with E-state index in [2.05, 4.69) is 33.8 Å². The van der Waals surface area contributed by atoms with Crippen LogP contribution in [0, 0.1) is 5.92 Å². The van der Waals surface area contributed by atoms with Crippen LogP contribution in [0.5, 0.6) is 5.75 Å². The molecule has 0 bridgehead atoms. The molecule has 6 heteroatoms. The summed E-state index contributed by atoms with van der Waals surface area (Å²) in [5, 5.41) is 9.50. The molecule has 0 saturated carbocycles. The first kappa shape index (κ1) is 27.9. The molecule has 6 nitrogen and oxygen atoms in total. The third kappa shape index (κ3) is 6.65. The molecular formula is C32H41NO5. The first-order chi connectivity index (χ1) is 18.2. The van der Waals surface area contributed by atoms with E-state index in [-0.39, 0.29) is 36.2 Å². The lowest BCUT2D eigenvalue weighted by Gasteiger charge is -2.50. The number of nitrogens with zero attached hydrogens (tertiary/aromatic N) is 1. The van der Waals surface area contributed by atoms with Crippen LogP contribution >= 0.6 is 0 Å². The van der Waals surface area contributed by atoms with E-state index in [1.54, 1.807) is 6.07 Å². The normalized spacial score (nSPS) is 23.9. The number of fused-ring (bicyclic) bond motifs is 3. The largest absolute Gasteiger partial charge is 0.487 e. The van der Waals surface area contributed by atoms with Gasteiger partial charge in [-0.15, -0.1) is 0 Å². The van der Waals surface area contributed by atoms with Gasteiger partial charge in [-0.3, -0.25) is 9.59 Å². The molecule has 0 spiro atoms. The van der Waals surface area contributed by atoms with Gasteiger partial charge in [0.2, 0.25) is 0 Å². The summed E-state index contributed by atoms with van der Waals surface area (Å²) in [4.78, 5) is 26.6. The van der Waals surface area contributed by atoms with Crippen molar-refractivity contribution in [1.29, 1.82) is 0 Å². The number of carbonyl (C=O) groups excluding carboxylic acids is 1. The van der Waals surface area contributed by atoms with E-state index in [9.17, 15) is 14.7 Å². The van der Waals surface area contributed by atoms with Crippen LogP contribution in [0.1, 0.15) is 87.4 Å². The summed E-state index contributed by atoms with van der Waals surface area (Å²) in [6.07, 6.45) is 7.51. The Morgan fingerprint density at radius 1 is 1.13 bits per heavy atom. The second kappa shape index (κ2) is 12.2. The van der Waals surface area contributed by atoms with E-state index in [4.69, 9.17) is 9.47 Å². The van der Waals surface area contributed by atoms with Crippen molar-refractivity contribution < 1.29 is 24.2 Å². The molecule has 2 aromatic rings. The number of ether oxygens (including phenoxy) is 2. The molecule has 2 aromatic carbocycles. The number of carboxylic acids is 1. The molecule has 4 rings (SSSR count). The minimum atomic E-state index is -1.02. The average Bonchev–Trinajstić information content (AvgIpc) is 2.87. The van der Waals surface area contributed by atoms with Gasteiger partial charge in [-0.1, -0.05) is 42.0 Å². The molecule has 1 amide bonds. The molecular weight excluding hydrogens is 478 g/mol. The summed E-state index contributed by atoms with van der Waals surface area (Å²) < 4.78 is 13.2. The topological polar surface area (TPSA) is 76.1 Å². The van der Waals surface area contributed by atoms with Crippen molar-refractivity contribution in [2.45, 2.75) is 84.0 Å². The summed E-state index contributed by atoms with van der Waals surface area (Å²) in [5.74, 6) is -0.356. The third-order valence-electron chi connectivity index (χ3n) is 7.86. The lowest BCUT2D eigenvalue weighted by molar-refractivity contribution is -0.152. The van der Waals surface area contributed by atoms with Crippen LogP contribution in [-0.4, -0.2) is 46.7 Å². The highest BCUT2D eigenvalue weighted by Gasteiger charge is 2.49. The molecule has 1 fully saturated rings. The Balaban J connectivity index is 1.56. The Kier molecular flexibility index (Phi) is 8.93. The monoisotopic (exact) mass is 519 g/mol. The first-order valence-electron chi connectivity index (χ1n) is 13.8. The number of hydrogen-bond acceptors (Lipinski definition) is 4. The zero-order valence-electron chi connectivity index (χ0n) is 23.1. The Labute approximate surface area is 226 Å². The van der Waals surface area contributed by atoms with Gasteiger partial charge in [0.1, 0.15) is 17.9 Å². The molecule has 204 valence electrons. The van der Waals surface area contributed by atoms with E-state index < -0.39 is 5.97 Å². The summed E-state index contributed by atoms with van der Waals surface area (Å²) in [7, 11) is 0. The van der Waals surface area contributed by atoms with Crippen molar-refractivity contribution in [2.24, 2.45) is 5.92 Å². The maximum Gasteiger partial charge on any atom is 0.323 e. The van der Waals surface area contributed by atoms with E-state index in [0.29, 0.717) is 18.5 Å². The maximum atomic E-state index is 13.5. The predicted molar refractivity (Wildman–Crippen MR) is 148 cm³/mol. The van der Waals surface area contributed by atoms with Crippen LogP contribution in [0.25, 0.3) is 0 Å². The van der Waals surface area contributed by atoms with Gasteiger partial charge in [-0.2, -0.15) is 0 Å². The number of benzene rings is 2. The van der Waals surface area contributed by atoms with Gasteiger partial charge in [-0.25, -0.2) is 0 Å². The van der Waals surface area contributed by atoms with Crippen LogP contribution < -0.4 is 4.74 Å². The fourth-order valence-corrected chi connectivity index (χ4v) is 5.82. The van der Waals surface area contributed by atoms with Crippen LogP contribution in [0.15, 0.2) is 60.2 Å². The molecule has 0 unspecified atom stereocenters.